The van der Waals surface area contributed by atoms with Crippen molar-refractivity contribution in [3.63, 3.8) is 0 Å². The van der Waals surface area contributed by atoms with E-state index < -0.39 is 0 Å². The number of piperazine rings is 1. The lowest BCUT2D eigenvalue weighted by atomic mass is 10.3. The van der Waals surface area contributed by atoms with Crippen LogP contribution in [0.5, 0.6) is 0 Å². The average molecular weight is 358 g/mol. The Bertz CT molecular complexity index is 1050. The smallest absolute Gasteiger partial charge is 0.158 e. The predicted octanol–water partition coefficient (Wildman–Crippen LogP) is 1.93. The molecule has 27 heavy (non-hydrogen) atoms. The van der Waals surface area contributed by atoms with Gasteiger partial charge in [-0.05, 0) is 18.2 Å². The van der Waals surface area contributed by atoms with Crippen LogP contribution in [-0.4, -0.2) is 55.9 Å². The standard InChI is InChI=1S/C19H18N8/c1-2-5-16-15(4-1)20-13-19(24-16)26-10-8-25(9-11-26)17-12-18(22-14-21-17)27-7-3-6-23-27/h1-7,12-14H,8-11H2. The van der Waals surface area contributed by atoms with E-state index in [1.54, 1.807) is 17.2 Å². The molecular formula is C19H18N8. The molecule has 0 saturated carbocycles. The van der Waals surface area contributed by atoms with Gasteiger partial charge in [0, 0.05) is 44.6 Å². The number of nitrogens with zero attached hydrogens (tertiary/aromatic N) is 8. The van der Waals surface area contributed by atoms with Crippen LogP contribution in [0.15, 0.2) is 61.3 Å². The summed E-state index contributed by atoms with van der Waals surface area (Å²) in [6.45, 7) is 3.47. The zero-order valence-corrected chi connectivity index (χ0v) is 14.7. The fourth-order valence-corrected chi connectivity index (χ4v) is 3.30. The Labute approximate surface area is 156 Å². The normalized spacial score (nSPS) is 14.7. The lowest BCUT2D eigenvalue weighted by Crippen LogP contribution is -2.47. The topological polar surface area (TPSA) is 75.9 Å². The van der Waals surface area contributed by atoms with E-state index in [1.165, 1.54) is 0 Å². The zero-order chi connectivity index (χ0) is 18.1. The number of hydrogen-bond donors (Lipinski definition) is 0. The van der Waals surface area contributed by atoms with Crippen LogP contribution in [-0.2, 0) is 0 Å². The molecule has 0 aliphatic carbocycles. The van der Waals surface area contributed by atoms with E-state index in [2.05, 4.69) is 29.9 Å². The summed E-state index contributed by atoms with van der Waals surface area (Å²) >= 11 is 0. The Morgan fingerprint density at radius 3 is 2.26 bits per heavy atom. The number of fused-ring (bicyclic) bond motifs is 1. The maximum atomic E-state index is 4.75. The minimum absolute atomic E-state index is 0.771. The maximum absolute atomic E-state index is 4.75. The molecule has 0 radical (unpaired) electrons. The fraction of sp³-hybridized carbons (Fsp3) is 0.211. The summed E-state index contributed by atoms with van der Waals surface area (Å²) in [5.74, 6) is 2.61. The molecule has 8 heteroatoms. The van der Waals surface area contributed by atoms with Crippen molar-refractivity contribution < 1.29 is 0 Å². The minimum Gasteiger partial charge on any atom is -0.353 e. The molecule has 8 nitrogen and oxygen atoms in total. The Kier molecular flexibility index (Phi) is 3.86. The highest BCUT2D eigenvalue weighted by Crippen LogP contribution is 2.20. The summed E-state index contributed by atoms with van der Waals surface area (Å²) in [6.07, 6.45) is 7.07. The highest BCUT2D eigenvalue weighted by atomic mass is 15.3. The first kappa shape index (κ1) is 15.7. The second kappa shape index (κ2) is 6.64. The monoisotopic (exact) mass is 358 g/mol. The Morgan fingerprint density at radius 1 is 0.741 bits per heavy atom. The second-order valence-corrected chi connectivity index (χ2v) is 6.38. The lowest BCUT2D eigenvalue weighted by Gasteiger charge is -2.35. The quantitative estimate of drug-likeness (QED) is 0.554. The zero-order valence-electron chi connectivity index (χ0n) is 14.7. The molecule has 0 spiro atoms. The van der Waals surface area contributed by atoms with Crippen LogP contribution in [0.1, 0.15) is 0 Å². The van der Waals surface area contributed by atoms with Crippen LogP contribution in [0.2, 0.25) is 0 Å². The first-order valence-corrected chi connectivity index (χ1v) is 8.90. The summed E-state index contributed by atoms with van der Waals surface area (Å²) in [6, 6.07) is 11.8. The third-order valence-electron chi connectivity index (χ3n) is 4.74. The number of anilines is 2. The van der Waals surface area contributed by atoms with Gasteiger partial charge in [-0.1, -0.05) is 12.1 Å². The van der Waals surface area contributed by atoms with Gasteiger partial charge in [0.05, 0.1) is 17.2 Å². The largest absolute Gasteiger partial charge is 0.353 e. The van der Waals surface area contributed by atoms with Crippen molar-refractivity contribution in [1.29, 1.82) is 0 Å². The van der Waals surface area contributed by atoms with Gasteiger partial charge in [-0.25, -0.2) is 19.6 Å². The third-order valence-corrected chi connectivity index (χ3v) is 4.74. The van der Waals surface area contributed by atoms with E-state index in [0.717, 1.165) is 54.7 Å². The number of rotatable bonds is 3. The number of hydrogen-bond acceptors (Lipinski definition) is 7. The fourth-order valence-electron chi connectivity index (χ4n) is 3.30. The molecule has 4 aromatic rings. The molecule has 4 heterocycles. The summed E-state index contributed by atoms with van der Waals surface area (Å²) < 4.78 is 1.74. The van der Waals surface area contributed by atoms with Gasteiger partial charge < -0.3 is 9.80 Å². The lowest BCUT2D eigenvalue weighted by molar-refractivity contribution is 0.640. The molecular weight excluding hydrogens is 340 g/mol. The highest BCUT2D eigenvalue weighted by Gasteiger charge is 2.20. The van der Waals surface area contributed by atoms with Gasteiger partial charge in [0.15, 0.2) is 5.82 Å². The molecule has 3 aromatic heterocycles. The molecule has 1 aliphatic heterocycles. The van der Waals surface area contributed by atoms with Crippen LogP contribution >= 0.6 is 0 Å². The van der Waals surface area contributed by atoms with Crippen molar-refractivity contribution in [3.8, 4) is 5.82 Å². The molecule has 1 fully saturated rings. The van der Waals surface area contributed by atoms with Gasteiger partial charge in [-0.15, -0.1) is 0 Å². The van der Waals surface area contributed by atoms with E-state index in [4.69, 9.17) is 4.98 Å². The van der Waals surface area contributed by atoms with Crippen LogP contribution in [0.4, 0.5) is 11.6 Å². The molecule has 1 aliphatic rings. The molecule has 134 valence electrons. The molecule has 0 bridgehead atoms. The van der Waals surface area contributed by atoms with Crippen LogP contribution in [0.3, 0.4) is 0 Å². The van der Waals surface area contributed by atoms with E-state index in [0.29, 0.717) is 0 Å². The van der Waals surface area contributed by atoms with E-state index in [9.17, 15) is 0 Å². The van der Waals surface area contributed by atoms with E-state index in [1.807, 2.05) is 48.8 Å². The van der Waals surface area contributed by atoms with Crippen molar-refractivity contribution in [2.75, 3.05) is 36.0 Å². The molecule has 1 saturated heterocycles. The van der Waals surface area contributed by atoms with Crippen molar-refractivity contribution >= 4 is 22.7 Å². The molecule has 1 aromatic carbocycles. The van der Waals surface area contributed by atoms with E-state index in [-0.39, 0.29) is 0 Å². The highest BCUT2D eigenvalue weighted by molar-refractivity contribution is 5.75. The summed E-state index contributed by atoms with van der Waals surface area (Å²) in [5.41, 5.74) is 1.85. The number of aromatic nitrogens is 6. The van der Waals surface area contributed by atoms with Crippen LogP contribution in [0, 0.1) is 0 Å². The molecule has 5 rings (SSSR count). The first-order valence-electron chi connectivity index (χ1n) is 8.90. The van der Waals surface area contributed by atoms with Gasteiger partial charge in [0.25, 0.3) is 0 Å². The van der Waals surface area contributed by atoms with Gasteiger partial charge in [0.1, 0.15) is 18.0 Å². The minimum atomic E-state index is 0.771. The van der Waals surface area contributed by atoms with Crippen molar-refractivity contribution in [2.45, 2.75) is 0 Å². The Hall–Kier alpha value is -3.55. The molecule has 0 N–H and O–H groups in total. The SMILES string of the molecule is c1ccc2nc(N3CCN(c4cc(-n5cccn5)ncn4)CC3)cnc2c1. The summed E-state index contributed by atoms with van der Waals surface area (Å²) in [5, 5.41) is 4.23. The summed E-state index contributed by atoms with van der Waals surface area (Å²) in [4.78, 5) is 22.6. The molecule has 0 unspecified atom stereocenters. The van der Waals surface area contributed by atoms with Crippen molar-refractivity contribution in [2.24, 2.45) is 0 Å². The Morgan fingerprint density at radius 2 is 1.48 bits per heavy atom. The molecule has 0 amide bonds. The third kappa shape index (κ3) is 3.05. The van der Waals surface area contributed by atoms with Crippen molar-refractivity contribution in [3.05, 3.63) is 61.3 Å². The Balaban J connectivity index is 1.32. The number of para-hydroxylation sites is 2. The molecule has 0 atom stereocenters. The van der Waals surface area contributed by atoms with Crippen LogP contribution in [0.25, 0.3) is 16.9 Å². The second-order valence-electron chi connectivity index (χ2n) is 6.38. The van der Waals surface area contributed by atoms with Crippen molar-refractivity contribution in [1.82, 2.24) is 29.7 Å². The van der Waals surface area contributed by atoms with Gasteiger partial charge in [-0.2, -0.15) is 5.10 Å². The van der Waals surface area contributed by atoms with Gasteiger partial charge in [-0.3, -0.25) is 4.98 Å². The first-order chi connectivity index (χ1) is 13.4. The number of benzene rings is 1. The maximum Gasteiger partial charge on any atom is 0.158 e. The predicted molar refractivity (Wildman–Crippen MR) is 103 cm³/mol. The van der Waals surface area contributed by atoms with Crippen LogP contribution < -0.4 is 9.80 Å². The van der Waals surface area contributed by atoms with Gasteiger partial charge >= 0.3 is 0 Å². The average Bonchev–Trinajstić information content (AvgIpc) is 3.29. The van der Waals surface area contributed by atoms with E-state index >= 15 is 0 Å². The summed E-state index contributed by atoms with van der Waals surface area (Å²) in [7, 11) is 0. The van der Waals surface area contributed by atoms with Gasteiger partial charge in [0.2, 0.25) is 0 Å².